The van der Waals surface area contributed by atoms with Crippen LogP contribution in [0.5, 0.6) is 0 Å². The first-order chi connectivity index (χ1) is 18.1. The second-order valence-electron chi connectivity index (χ2n) is 9.91. The van der Waals surface area contributed by atoms with Crippen molar-refractivity contribution in [2.45, 2.75) is 97.2 Å². The van der Waals surface area contributed by atoms with Crippen molar-refractivity contribution in [1.82, 2.24) is 21.1 Å². The number of aliphatic imine (C=N–C) groups is 1. The number of methoxy groups -OCH3 is 1. The quantitative estimate of drug-likeness (QED) is 0.128. The van der Waals surface area contributed by atoms with Crippen LogP contribution in [0.25, 0.3) is 0 Å². The van der Waals surface area contributed by atoms with E-state index < -0.39 is 30.0 Å². The maximum atomic E-state index is 12.9. The van der Waals surface area contributed by atoms with Crippen LogP contribution in [0, 0.1) is 5.92 Å². The van der Waals surface area contributed by atoms with Gasteiger partial charge in [-0.2, -0.15) is 0 Å². The molecule has 214 valence electrons. The third-order valence-electron chi connectivity index (χ3n) is 6.58. The summed E-state index contributed by atoms with van der Waals surface area (Å²) in [5, 5.41) is 6.89. The van der Waals surface area contributed by atoms with Crippen molar-refractivity contribution >= 4 is 29.4 Å². The first-order valence-corrected chi connectivity index (χ1v) is 13.6. The molecule has 1 aliphatic rings. The van der Waals surface area contributed by atoms with Gasteiger partial charge in [-0.25, -0.2) is 5.43 Å². The Morgan fingerprint density at radius 1 is 1.13 bits per heavy atom. The van der Waals surface area contributed by atoms with E-state index in [9.17, 15) is 19.2 Å². The van der Waals surface area contributed by atoms with E-state index in [4.69, 9.17) is 4.74 Å². The van der Waals surface area contributed by atoms with E-state index in [0.29, 0.717) is 32.2 Å². The van der Waals surface area contributed by atoms with Gasteiger partial charge in [0.25, 0.3) is 5.91 Å². The predicted octanol–water partition coefficient (Wildman–Crippen LogP) is 2.84. The molecule has 3 atom stereocenters. The number of nitrogens with one attached hydrogen (secondary N) is 3. The number of ether oxygens (including phenoxy) is 1. The Morgan fingerprint density at radius 2 is 1.82 bits per heavy atom. The Kier molecular flexibility index (Phi) is 15.2. The number of unbranched alkanes of at least 4 members (excludes halogenated alkanes) is 2. The molecule has 0 aromatic heterocycles. The van der Waals surface area contributed by atoms with E-state index in [-0.39, 0.29) is 17.7 Å². The van der Waals surface area contributed by atoms with Crippen LogP contribution in [0.1, 0.15) is 79.1 Å². The standard InChI is InChI=1S/C28H47N5O5/c1-8-21(9-2)18-22(29-6)14-11-10-12-16-24(34)31-25(19(3)4)26(35)30-20(5)27(36)33-17-13-15-23(32-33)28(37)38-7/h8,18-20,23,25,32H,1,9-17H2,2-7H3,(H,30,35)(H,31,34)/b21-18-,29-22?/t20-,23-,25-/m0/s1. The number of allylic oxidation sites excluding steroid dienone is 3. The number of carbonyl (C=O) groups is 4. The highest BCUT2D eigenvalue weighted by atomic mass is 16.5. The van der Waals surface area contributed by atoms with Gasteiger partial charge >= 0.3 is 5.97 Å². The van der Waals surface area contributed by atoms with Crippen molar-refractivity contribution in [3.8, 4) is 0 Å². The maximum absolute atomic E-state index is 12.9. The molecule has 0 aliphatic carbocycles. The van der Waals surface area contributed by atoms with Crippen molar-refractivity contribution in [3.05, 3.63) is 24.3 Å². The Labute approximate surface area is 227 Å². The molecule has 3 amide bonds. The molecule has 0 aromatic rings. The molecule has 10 heteroatoms. The molecule has 1 rings (SSSR count). The number of esters is 1. The monoisotopic (exact) mass is 533 g/mol. The lowest BCUT2D eigenvalue weighted by atomic mass is 10.0. The lowest BCUT2D eigenvalue weighted by molar-refractivity contribution is -0.150. The number of nitrogens with zero attached hydrogens (tertiary/aromatic N) is 2. The fourth-order valence-corrected chi connectivity index (χ4v) is 4.17. The summed E-state index contributed by atoms with van der Waals surface area (Å²) in [5.74, 6) is -1.56. The van der Waals surface area contributed by atoms with Gasteiger partial charge in [0.05, 0.1) is 7.11 Å². The lowest BCUT2D eigenvalue weighted by Crippen LogP contribution is -2.60. The molecule has 0 bridgehead atoms. The summed E-state index contributed by atoms with van der Waals surface area (Å²) >= 11 is 0. The van der Waals surface area contributed by atoms with Crippen LogP contribution in [0.4, 0.5) is 0 Å². The van der Waals surface area contributed by atoms with Crippen molar-refractivity contribution in [2.24, 2.45) is 10.9 Å². The van der Waals surface area contributed by atoms with E-state index >= 15 is 0 Å². The van der Waals surface area contributed by atoms with Crippen LogP contribution in [0.2, 0.25) is 0 Å². The van der Waals surface area contributed by atoms with Gasteiger partial charge in [0.2, 0.25) is 11.8 Å². The first kappa shape index (κ1) is 33.0. The molecular weight excluding hydrogens is 486 g/mol. The van der Waals surface area contributed by atoms with Crippen LogP contribution >= 0.6 is 0 Å². The number of hydrogen-bond donors (Lipinski definition) is 3. The Bertz CT molecular complexity index is 883. The Morgan fingerprint density at radius 3 is 2.39 bits per heavy atom. The van der Waals surface area contributed by atoms with Gasteiger partial charge in [0.15, 0.2) is 0 Å². The molecule has 1 aliphatic heterocycles. The molecule has 38 heavy (non-hydrogen) atoms. The second kappa shape index (κ2) is 17.5. The molecule has 0 saturated carbocycles. The number of hydrogen-bond acceptors (Lipinski definition) is 7. The highest BCUT2D eigenvalue weighted by Gasteiger charge is 2.32. The molecule has 0 spiro atoms. The van der Waals surface area contributed by atoms with E-state index in [1.54, 1.807) is 14.0 Å². The normalized spacial score (nSPS) is 18.0. The van der Waals surface area contributed by atoms with Gasteiger partial charge in [-0.05, 0) is 63.0 Å². The van der Waals surface area contributed by atoms with Crippen LogP contribution in [0.3, 0.4) is 0 Å². The largest absolute Gasteiger partial charge is 0.468 e. The summed E-state index contributed by atoms with van der Waals surface area (Å²) in [7, 11) is 3.08. The van der Waals surface area contributed by atoms with E-state index in [0.717, 1.165) is 37.0 Å². The average molecular weight is 534 g/mol. The summed E-state index contributed by atoms with van der Waals surface area (Å²) in [5.41, 5.74) is 5.04. The SMILES string of the molecule is C=C/C(=C/C(CCCCCC(=O)N[C@H](C(=O)N[C@@H](C)C(=O)N1CCC[C@@H](C(=O)OC)N1)C(C)C)=NC)CC. The van der Waals surface area contributed by atoms with Crippen molar-refractivity contribution < 1.29 is 23.9 Å². The summed E-state index contributed by atoms with van der Waals surface area (Å²) in [6.07, 6.45) is 9.68. The molecule has 0 aromatic carbocycles. The predicted molar refractivity (Wildman–Crippen MR) is 149 cm³/mol. The van der Waals surface area contributed by atoms with Crippen molar-refractivity contribution in [2.75, 3.05) is 20.7 Å². The summed E-state index contributed by atoms with van der Waals surface area (Å²) in [6, 6.07) is -2.19. The fourth-order valence-electron chi connectivity index (χ4n) is 4.17. The van der Waals surface area contributed by atoms with Gasteiger partial charge in [0, 0.05) is 25.7 Å². The van der Waals surface area contributed by atoms with E-state index in [2.05, 4.69) is 40.6 Å². The molecule has 1 fully saturated rings. The molecule has 1 heterocycles. The van der Waals surface area contributed by atoms with Gasteiger partial charge < -0.3 is 15.4 Å². The highest BCUT2D eigenvalue weighted by molar-refractivity contribution is 5.95. The number of hydrazine groups is 1. The molecule has 0 radical (unpaired) electrons. The van der Waals surface area contributed by atoms with Gasteiger partial charge in [-0.1, -0.05) is 39.8 Å². The minimum absolute atomic E-state index is 0.161. The highest BCUT2D eigenvalue weighted by Crippen LogP contribution is 2.12. The molecule has 3 N–H and O–H groups in total. The zero-order valence-electron chi connectivity index (χ0n) is 24.0. The summed E-state index contributed by atoms with van der Waals surface area (Å²) in [4.78, 5) is 54.5. The second-order valence-corrected chi connectivity index (χ2v) is 9.91. The number of carbonyl (C=O) groups excluding carboxylic acids is 4. The third-order valence-corrected chi connectivity index (χ3v) is 6.58. The molecule has 10 nitrogen and oxygen atoms in total. The zero-order valence-corrected chi connectivity index (χ0v) is 24.0. The van der Waals surface area contributed by atoms with Crippen molar-refractivity contribution in [3.63, 3.8) is 0 Å². The van der Waals surface area contributed by atoms with Gasteiger partial charge in [-0.15, -0.1) is 0 Å². The lowest BCUT2D eigenvalue weighted by Gasteiger charge is -2.34. The van der Waals surface area contributed by atoms with Crippen molar-refractivity contribution in [1.29, 1.82) is 0 Å². The minimum Gasteiger partial charge on any atom is -0.468 e. The Balaban J connectivity index is 2.53. The van der Waals surface area contributed by atoms with Crippen LogP contribution in [0.15, 0.2) is 29.3 Å². The smallest absolute Gasteiger partial charge is 0.324 e. The maximum Gasteiger partial charge on any atom is 0.324 e. The first-order valence-electron chi connectivity index (χ1n) is 13.6. The average Bonchev–Trinajstić information content (AvgIpc) is 2.91. The summed E-state index contributed by atoms with van der Waals surface area (Å²) in [6.45, 7) is 11.6. The fraction of sp³-hybridized carbons (Fsp3) is 0.679. The van der Waals surface area contributed by atoms with E-state index in [1.807, 2.05) is 19.9 Å². The Hall–Kier alpha value is -3.01. The molecule has 0 unspecified atom stereocenters. The topological polar surface area (TPSA) is 129 Å². The summed E-state index contributed by atoms with van der Waals surface area (Å²) < 4.78 is 4.76. The zero-order chi connectivity index (χ0) is 28.7. The number of rotatable bonds is 15. The minimum atomic E-state index is -0.831. The van der Waals surface area contributed by atoms with Crippen LogP contribution in [-0.4, -0.2) is 73.2 Å². The van der Waals surface area contributed by atoms with E-state index in [1.165, 1.54) is 12.1 Å². The molecule has 1 saturated heterocycles. The number of amides is 3. The van der Waals surface area contributed by atoms with Crippen LogP contribution < -0.4 is 16.1 Å². The van der Waals surface area contributed by atoms with Crippen LogP contribution in [-0.2, 0) is 23.9 Å². The molecular formula is C28H47N5O5. The third kappa shape index (κ3) is 11.2. The van der Waals surface area contributed by atoms with Gasteiger partial charge in [0.1, 0.15) is 18.1 Å². The van der Waals surface area contributed by atoms with Gasteiger partial charge in [-0.3, -0.25) is 29.2 Å².